The zero-order valence-electron chi connectivity index (χ0n) is 15.0. The number of carbonyl (C=O) groups is 1. The number of halogens is 2. The molecule has 0 bridgehead atoms. The Kier molecular flexibility index (Phi) is 6.43. The van der Waals surface area contributed by atoms with Crippen LogP contribution in [0.15, 0.2) is 46.9 Å². The van der Waals surface area contributed by atoms with Gasteiger partial charge in [0.2, 0.25) is 0 Å². The van der Waals surface area contributed by atoms with Crippen LogP contribution in [0.2, 0.25) is 0 Å². The molecule has 0 unspecified atom stereocenters. The average molecular weight is 419 g/mol. The Bertz CT molecular complexity index is 755. The van der Waals surface area contributed by atoms with Crippen molar-refractivity contribution in [2.24, 2.45) is 5.92 Å². The molecule has 0 radical (unpaired) electrons. The number of hydrogen-bond donors (Lipinski definition) is 1. The van der Waals surface area contributed by atoms with Crippen LogP contribution in [0.1, 0.15) is 41.3 Å². The molecule has 5 heteroatoms. The monoisotopic (exact) mass is 418 g/mol. The number of likely N-dealkylation sites (tertiary alicyclic amines) is 1. The van der Waals surface area contributed by atoms with Crippen LogP contribution in [-0.2, 0) is 13.1 Å². The van der Waals surface area contributed by atoms with Gasteiger partial charge in [-0.1, -0.05) is 31.2 Å². The van der Waals surface area contributed by atoms with Crippen LogP contribution in [0.3, 0.4) is 0 Å². The third-order valence-corrected chi connectivity index (χ3v) is 5.59. The van der Waals surface area contributed by atoms with E-state index in [0.29, 0.717) is 16.6 Å². The molecule has 138 valence electrons. The molecule has 1 aliphatic rings. The van der Waals surface area contributed by atoms with Gasteiger partial charge in [0, 0.05) is 17.6 Å². The van der Waals surface area contributed by atoms with Gasteiger partial charge in [0.25, 0.3) is 5.91 Å². The molecule has 2 aromatic carbocycles. The van der Waals surface area contributed by atoms with E-state index in [1.807, 2.05) is 0 Å². The molecule has 3 nitrogen and oxygen atoms in total. The number of nitrogens with zero attached hydrogens (tertiary/aromatic N) is 1. The summed E-state index contributed by atoms with van der Waals surface area (Å²) >= 11 is 3.23. The summed E-state index contributed by atoms with van der Waals surface area (Å²) < 4.78 is 13.6. The third-order valence-electron chi connectivity index (χ3n) is 4.93. The molecule has 0 atom stereocenters. The first kappa shape index (κ1) is 19.1. The molecular weight excluding hydrogens is 395 g/mol. The van der Waals surface area contributed by atoms with Crippen molar-refractivity contribution in [3.05, 3.63) is 69.4 Å². The van der Waals surface area contributed by atoms with Crippen molar-refractivity contribution in [3.8, 4) is 0 Å². The topological polar surface area (TPSA) is 32.3 Å². The van der Waals surface area contributed by atoms with E-state index in [0.717, 1.165) is 18.0 Å². The molecule has 1 N–H and O–H groups in total. The van der Waals surface area contributed by atoms with Crippen molar-refractivity contribution in [2.45, 2.75) is 32.9 Å². The zero-order valence-corrected chi connectivity index (χ0v) is 16.6. The molecule has 1 heterocycles. The fraction of sp³-hybridized carbons (Fsp3) is 0.381. The average Bonchev–Trinajstić information content (AvgIpc) is 2.63. The summed E-state index contributed by atoms with van der Waals surface area (Å²) in [6, 6.07) is 12.4. The molecule has 1 fully saturated rings. The van der Waals surface area contributed by atoms with E-state index in [2.05, 4.69) is 57.3 Å². The highest BCUT2D eigenvalue weighted by Gasteiger charge is 2.15. The normalized spacial score (nSPS) is 15.8. The van der Waals surface area contributed by atoms with Gasteiger partial charge in [-0.15, -0.1) is 0 Å². The number of hydrogen-bond acceptors (Lipinski definition) is 2. The maximum atomic E-state index is 13.1. The third kappa shape index (κ3) is 5.15. The van der Waals surface area contributed by atoms with Gasteiger partial charge in [-0.05, 0) is 77.1 Å². The molecule has 0 spiro atoms. The summed E-state index contributed by atoms with van der Waals surface area (Å²) in [6.07, 6.45) is 2.56. The van der Waals surface area contributed by atoms with E-state index in [1.54, 1.807) is 0 Å². The molecule has 3 rings (SSSR count). The number of nitrogens with one attached hydrogen (secondary N) is 1. The minimum atomic E-state index is -0.368. The second kappa shape index (κ2) is 8.78. The van der Waals surface area contributed by atoms with Crippen LogP contribution >= 0.6 is 15.9 Å². The summed E-state index contributed by atoms with van der Waals surface area (Å²) in [6.45, 7) is 6.11. The lowest BCUT2D eigenvalue weighted by Crippen LogP contribution is -2.32. The van der Waals surface area contributed by atoms with E-state index in [9.17, 15) is 9.18 Å². The van der Waals surface area contributed by atoms with Crippen molar-refractivity contribution in [2.75, 3.05) is 13.1 Å². The first-order valence-corrected chi connectivity index (χ1v) is 9.84. The Balaban J connectivity index is 1.52. The minimum absolute atomic E-state index is 0.219. The lowest BCUT2D eigenvalue weighted by molar-refractivity contribution is 0.0950. The van der Waals surface area contributed by atoms with Gasteiger partial charge in [-0.3, -0.25) is 9.69 Å². The van der Waals surface area contributed by atoms with Crippen LogP contribution in [-0.4, -0.2) is 23.9 Å². The highest BCUT2D eigenvalue weighted by molar-refractivity contribution is 9.10. The van der Waals surface area contributed by atoms with Crippen molar-refractivity contribution in [3.63, 3.8) is 0 Å². The van der Waals surface area contributed by atoms with Gasteiger partial charge in [0.15, 0.2) is 0 Å². The Morgan fingerprint density at radius 2 is 1.81 bits per heavy atom. The SMILES string of the molecule is CC1CCN(Cc2ccc(CNC(=O)c3ccc(F)cc3Br)cc2)CC1. The number of amides is 1. The summed E-state index contributed by atoms with van der Waals surface area (Å²) in [5, 5.41) is 2.88. The van der Waals surface area contributed by atoms with Gasteiger partial charge >= 0.3 is 0 Å². The highest BCUT2D eigenvalue weighted by atomic mass is 79.9. The summed E-state index contributed by atoms with van der Waals surface area (Å²) in [7, 11) is 0. The van der Waals surface area contributed by atoms with E-state index >= 15 is 0 Å². The largest absolute Gasteiger partial charge is 0.348 e. The quantitative estimate of drug-likeness (QED) is 0.759. The first-order chi connectivity index (χ1) is 12.5. The van der Waals surface area contributed by atoms with Gasteiger partial charge in [-0.25, -0.2) is 4.39 Å². The van der Waals surface area contributed by atoms with E-state index in [-0.39, 0.29) is 11.7 Å². The molecular formula is C21H24BrFN2O. The number of rotatable bonds is 5. The van der Waals surface area contributed by atoms with E-state index in [1.165, 1.54) is 49.7 Å². The molecule has 1 saturated heterocycles. The Hall–Kier alpha value is -1.72. The van der Waals surface area contributed by atoms with Gasteiger partial charge in [0.1, 0.15) is 5.82 Å². The maximum Gasteiger partial charge on any atom is 0.252 e. The minimum Gasteiger partial charge on any atom is -0.348 e. The number of carbonyl (C=O) groups excluding carboxylic acids is 1. The lowest BCUT2D eigenvalue weighted by atomic mass is 9.99. The molecule has 0 aromatic heterocycles. The Labute approximate surface area is 162 Å². The second-order valence-electron chi connectivity index (χ2n) is 7.08. The number of piperidine rings is 1. The van der Waals surface area contributed by atoms with Gasteiger partial charge < -0.3 is 5.32 Å². The van der Waals surface area contributed by atoms with Crippen LogP contribution in [0.4, 0.5) is 4.39 Å². The smallest absolute Gasteiger partial charge is 0.252 e. The summed E-state index contributed by atoms with van der Waals surface area (Å²) in [5.74, 6) is 0.258. The molecule has 1 amide bonds. The summed E-state index contributed by atoms with van der Waals surface area (Å²) in [5.41, 5.74) is 2.78. The van der Waals surface area contributed by atoms with Crippen LogP contribution in [0.25, 0.3) is 0 Å². The highest BCUT2D eigenvalue weighted by Crippen LogP contribution is 2.19. The predicted octanol–water partition coefficient (Wildman–Crippen LogP) is 4.75. The predicted molar refractivity (Wildman–Crippen MR) is 105 cm³/mol. The van der Waals surface area contributed by atoms with Gasteiger partial charge in [0.05, 0.1) is 5.56 Å². The van der Waals surface area contributed by atoms with E-state index < -0.39 is 0 Å². The second-order valence-corrected chi connectivity index (χ2v) is 7.94. The first-order valence-electron chi connectivity index (χ1n) is 9.04. The molecule has 0 aliphatic carbocycles. The fourth-order valence-electron chi connectivity index (χ4n) is 3.19. The van der Waals surface area contributed by atoms with Crippen LogP contribution in [0.5, 0.6) is 0 Å². The molecule has 1 aliphatic heterocycles. The Morgan fingerprint density at radius 3 is 2.46 bits per heavy atom. The maximum absolute atomic E-state index is 13.1. The molecule has 0 saturated carbocycles. The zero-order chi connectivity index (χ0) is 18.5. The van der Waals surface area contributed by atoms with Crippen molar-refractivity contribution in [1.29, 1.82) is 0 Å². The van der Waals surface area contributed by atoms with Crippen molar-refractivity contribution >= 4 is 21.8 Å². The van der Waals surface area contributed by atoms with Gasteiger partial charge in [-0.2, -0.15) is 0 Å². The fourth-order valence-corrected chi connectivity index (χ4v) is 3.72. The summed E-state index contributed by atoms with van der Waals surface area (Å²) in [4.78, 5) is 14.7. The Morgan fingerprint density at radius 1 is 1.15 bits per heavy atom. The van der Waals surface area contributed by atoms with Crippen LogP contribution in [0, 0.1) is 11.7 Å². The van der Waals surface area contributed by atoms with E-state index in [4.69, 9.17) is 0 Å². The lowest BCUT2D eigenvalue weighted by Gasteiger charge is -2.30. The standard InChI is InChI=1S/C21H24BrFN2O/c1-15-8-10-25(11-9-15)14-17-4-2-16(3-5-17)13-24-21(26)19-7-6-18(23)12-20(19)22/h2-7,12,15H,8-11,13-14H2,1H3,(H,24,26). The van der Waals surface area contributed by atoms with Crippen molar-refractivity contribution in [1.82, 2.24) is 10.2 Å². The van der Waals surface area contributed by atoms with Crippen molar-refractivity contribution < 1.29 is 9.18 Å². The molecule has 26 heavy (non-hydrogen) atoms. The number of benzene rings is 2. The molecule has 2 aromatic rings. The van der Waals surface area contributed by atoms with Crippen LogP contribution < -0.4 is 5.32 Å².